The molecule has 1 atom stereocenters. The number of carbonyl (C=O) groups excluding carboxylic acids is 1. The average molecular weight is 470 g/mol. The largest absolute Gasteiger partial charge is 0.455 e. The maximum atomic E-state index is 11.5. The van der Waals surface area contributed by atoms with E-state index in [1.807, 2.05) is 74.5 Å². The number of aliphatic hydroxyl groups excluding tert-OH is 1. The zero-order valence-electron chi connectivity index (χ0n) is 19.8. The molecule has 2 heterocycles. The van der Waals surface area contributed by atoms with Crippen LogP contribution in [0.5, 0.6) is 11.5 Å². The highest BCUT2D eigenvalue weighted by Crippen LogP contribution is 2.30. The number of amides is 1. The van der Waals surface area contributed by atoms with Crippen LogP contribution in [0.15, 0.2) is 67.1 Å². The number of aryl methyl sites for hydroxylation is 2. The van der Waals surface area contributed by atoms with Gasteiger partial charge in [0.15, 0.2) is 0 Å². The molecule has 1 amide bonds. The highest BCUT2D eigenvalue weighted by Gasteiger charge is 2.08. The molecule has 0 saturated heterocycles. The number of fused-ring (bicyclic) bond motifs is 1. The lowest BCUT2D eigenvalue weighted by Crippen LogP contribution is -2.32. The predicted octanol–water partition coefficient (Wildman–Crippen LogP) is 4.69. The third-order valence-corrected chi connectivity index (χ3v) is 5.29. The van der Waals surface area contributed by atoms with Crippen molar-refractivity contribution in [2.75, 3.05) is 11.9 Å². The fraction of sp³-hybridized carbons (Fsp3) is 0.185. The molecular weight excluding hydrogens is 442 g/mol. The lowest BCUT2D eigenvalue weighted by atomic mass is 10.1. The van der Waals surface area contributed by atoms with Crippen LogP contribution in [0.2, 0.25) is 0 Å². The molecular formula is C27H27N5O3. The van der Waals surface area contributed by atoms with E-state index in [-0.39, 0.29) is 0 Å². The van der Waals surface area contributed by atoms with Gasteiger partial charge in [0.1, 0.15) is 29.7 Å². The highest BCUT2D eigenvalue weighted by molar-refractivity contribution is 5.92. The molecule has 0 aliphatic heterocycles. The first-order valence-electron chi connectivity index (χ1n) is 11.2. The van der Waals surface area contributed by atoms with Crippen molar-refractivity contribution in [1.29, 1.82) is 0 Å². The number of hydrogen-bond donors (Lipinski definition) is 3. The molecule has 8 nitrogen and oxygen atoms in total. The van der Waals surface area contributed by atoms with E-state index in [9.17, 15) is 9.90 Å². The van der Waals surface area contributed by atoms with Gasteiger partial charge in [-0.05, 0) is 74.4 Å². The van der Waals surface area contributed by atoms with Crippen molar-refractivity contribution in [2.24, 2.45) is 0 Å². The number of aliphatic hydroxyl groups is 1. The number of nitrogens with one attached hydrogen (secondary N) is 2. The Morgan fingerprint density at radius 1 is 1.09 bits per heavy atom. The van der Waals surface area contributed by atoms with Crippen molar-refractivity contribution in [3.8, 4) is 11.5 Å². The van der Waals surface area contributed by atoms with Gasteiger partial charge in [-0.25, -0.2) is 9.97 Å². The average Bonchev–Trinajstić information content (AvgIpc) is 2.85. The van der Waals surface area contributed by atoms with Crippen molar-refractivity contribution in [2.45, 2.75) is 26.9 Å². The third-order valence-electron chi connectivity index (χ3n) is 5.29. The van der Waals surface area contributed by atoms with Gasteiger partial charge >= 0.3 is 0 Å². The molecule has 0 spiro atoms. The first-order valence-corrected chi connectivity index (χ1v) is 11.2. The molecule has 0 unspecified atom stereocenters. The molecule has 0 saturated carbocycles. The number of benzene rings is 2. The second-order valence-electron chi connectivity index (χ2n) is 8.16. The topological polar surface area (TPSA) is 109 Å². The van der Waals surface area contributed by atoms with Gasteiger partial charge in [-0.3, -0.25) is 9.78 Å². The van der Waals surface area contributed by atoms with Crippen molar-refractivity contribution >= 4 is 34.4 Å². The molecule has 2 aromatic heterocycles. The van der Waals surface area contributed by atoms with Gasteiger partial charge in [-0.2, -0.15) is 0 Å². The summed E-state index contributed by atoms with van der Waals surface area (Å²) in [5.74, 6) is 1.72. The smallest absolute Gasteiger partial charge is 0.248 e. The fourth-order valence-corrected chi connectivity index (χ4v) is 3.40. The SMILES string of the molecule is Cc1ccc(Oc2ccc(Nc3ncnc4ccc(/C=C/CNC(=O)[C@@H](C)O)cc34)cc2C)cn1. The zero-order chi connectivity index (χ0) is 24.8. The number of pyridine rings is 1. The van der Waals surface area contributed by atoms with Crippen LogP contribution in [0.4, 0.5) is 11.5 Å². The Balaban J connectivity index is 1.50. The summed E-state index contributed by atoms with van der Waals surface area (Å²) in [7, 11) is 0. The lowest BCUT2D eigenvalue weighted by Gasteiger charge is -2.12. The number of nitrogens with zero attached hydrogens (tertiary/aromatic N) is 3. The maximum absolute atomic E-state index is 11.5. The minimum Gasteiger partial charge on any atom is -0.455 e. The molecule has 35 heavy (non-hydrogen) atoms. The fourth-order valence-electron chi connectivity index (χ4n) is 3.40. The number of anilines is 2. The second kappa shape index (κ2) is 10.8. The van der Waals surface area contributed by atoms with Gasteiger partial charge in [0.05, 0.1) is 11.7 Å². The van der Waals surface area contributed by atoms with Crippen LogP contribution in [0.3, 0.4) is 0 Å². The molecule has 178 valence electrons. The van der Waals surface area contributed by atoms with Gasteiger partial charge in [-0.1, -0.05) is 18.2 Å². The number of carbonyl (C=O) groups is 1. The Labute approximate surface area is 203 Å². The summed E-state index contributed by atoms with van der Waals surface area (Å²) in [5.41, 5.74) is 4.53. The number of hydrogen-bond acceptors (Lipinski definition) is 7. The number of ether oxygens (including phenoxy) is 1. The van der Waals surface area contributed by atoms with Gasteiger partial charge in [0.2, 0.25) is 5.91 Å². The zero-order valence-corrected chi connectivity index (χ0v) is 19.8. The van der Waals surface area contributed by atoms with Crippen LogP contribution in [-0.4, -0.2) is 38.6 Å². The first kappa shape index (κ1) is 23.8. The quantitative estimate of drug-likeness (QED) is 0.343. The molecule has 0 radical (unpaired) electrons. The maximum Gasteiger partial charge on any atom is 0.248 e. The summed E-state index contributed by atoms with van der Waals surface area (Å²) < 4.78 is 5.97. The van der Waals surface area contributed by atoms with Gasteiger partial charge in [0, 0.05) is 23.3 Å². The molecule has 3 N–H and O–H groups in total. The summed E-state index contributed by atoms with van der Waals surface area (Å²) in [6.45, 7) is 5.68. The molecule has 4 rings (SSSR count). The van der Waals surface area contributed by atoms with E-state index in [0.717, 1.165) is 39.2 Å². The van der Waals surface area contributed by atoms with E-state index >= 15 is 0 Å². The Bertz CT molecular complexity index is 1370. The van der Waals surface area contributed by atoms with Crippen molar-refractivity contribution < 1.29 is 14.6 Å². The van der Waals surface area contributed by atoms with E-state index in [1.54, 1.807) is 6.20 Å². The minimum atomic E-state index is -1.03. The van der Waals surface area contributed by atoms with Crippen molar-refractivity contribution in [1.82, 2.24) is 20.3 Å². The molecule has 2 aromatic carbocycles. The number of rotatable bonds is 8. The second-order valence-corrected chi connectivity index (χ2v) is 8.16. The third kappa shape index (κ3) is 6.18. The molecule has 0 fully saturated rings. The molecule has 0 aliphatic rings. The Morgan fingerprint density at radius 3 is 2.69 bits per heavy atom. The molecule has 0 bridgehead atoms. The highest BCUT2D eigenvalue weighted by atomic mass is 16.5. The van der Waals surface area contributed by atoms with Crippen LogP contribution >= 0.6 is 0 Å². The molecule has 0 aliphatic carbocycles. The summed E-state index contributed by atoms with van der Waals surface area (Å²) in [4.78, 5) is 24.5. The van der Waals surface area contributed by atoms with Crippen LogP contribution in [0, 0.1) is 13.8 Å². The number of aromatic nitrogens is 3. The Morgan fingerprint density at radius 2 is 1.94 bits per heavy atom. The van der Waals surface area contributed by atoms with Crippen LogP contribution < -0.4 is 15.4 Å². The summed E-state index contributed by atoms with van der Waals surface area (Å²) in [6.07, 6.45) is 5.93. The molecule has 4 aromatic rings. The van der Waals surface area contributed by atoms with Crippen LogP contribution in [0.1, 0.15) is 23.7 Å². The van der Waals surface area contributed by atoms with E-state index < -0.39 is 12.0 Å². The predicted molar refractivity (Wildman–Crippen MR) is 137 cm³/mol. The minimum absolute atomic E-state index is 0.324. The van der Waals surface area contributed by atoms with E-state index in [0.29, 0.717) is 18.1 Å². The van der Waals surface area contributed by atoms with Gasteiger partial charge < -0.3 is 20.5 Å². The Kier molecular flexibility index (Phi) is 7.32. The van der Waals surface area contributed by atoms with Gasteiger partial charge in [-0.15, -0.1) is 0 Å². The van der Waals surface area contributed by atoms with E-state index in [1.165, 1.54) is 13.3 Å². The standard InChI is InChI=1S/C27H27N5O3/c1-17-13-21(8-11-25(17)35-22-9-6-18(2)29-15-22)32-26-23-14-20(7-10-24(23)30-16-31-26)5-4-12-28-27(34)19(3)33/h4-11,13-16,19,33H,12H2,1-3H3,(H,28,34)(H,30,31,32)/b5-4+/t19-/m1/s1. The van der Waals surface area contributed by atoms with E-state index in [4.69, 9.17) is 4.74 Å². The van der Waals surface area contributed by atoms with Crippen LogP contribution in [-0.2, 0) is 4.79 Å². The first-order chi connectivity index (χ1) is 16.9. The van der Waals surface area contributed by atoms with Gasteiger partial charge in [0.25, 0.3) is 0 Å². The molecule has 8 heteroatoms. The van der Waals surface area contributed by atoms with E-state index in [2.05, 4.69) is 25.6 Å². The summed E-state index contributed by atoms with van der Waals surface area (Å²) in [5, 5.41) is 16.1. The normalized spacial score (nSPS) is 12.0. The Hall–Kier alpha value is -4.30. The summed E-state index contributed by atoms with van der Waals surface area (Å²) >= 11 is 0. The monoisotopic (exact) mass is 469 g/mol. The van der Waals surface area contributed by atoms with Crippen molar-refractivity contribution in [3.63, 3.8) is 0 Å². The lowest BCUT2D eigenvalue weighted by molar-refractivity contribution is -0.128. The van der Waals surface area contributed by atoms with Crippen molar-refractivity contribution in [3.05, 3.63) is 84.0 Å². The van der Waals surface area contributed by atoms with Crippen LogP contribution in [0.25, 0.3) is 17.0 Å². The summed E-state index contributed by atoms with van der Waals surface area (Å²) in [6, 6.07) is 15.5.